The van der Waals surface area contributed by atoms with Crippen molar-refractivity contribution in [2.24, 2.45) is 5.73 Å². The average Bonchev–Trinajstić information content (AvgIpc) is 2.74. The van der Waals surface area contributed by atoms with E-state index in [-0.39, 0.29) is 18.4 Å². The molecular formula is C22H26N4O3S. The van der Waals surface area contributed by atoms with E-state index in [1.807, 2.05) is 34.7 Å². The van der Waals surface area contributed by atoms with Crippen LogP contribution in [0.5, 0.6) is 0 Å². The molecule has 0 radical (unpaired) electrons. The van der Waals surface area contributed by atoms with Crippen LogP contribution >= 0.6 is 11.8 Å². The summed E-state index contributed by atoms with van der Waals surface area (Å²) in [4.78, 5) is 40.1. The van der Waals surface area contributed by atoms with Crippen LogP contribution < -0.4 is 11.1 Å². The van der Waals surface area contributed by atoms with E-state index < -0.39 is 5.91 Å². The van der Waals surface area contributed by atoms with Crippen LogP contribution in [0.3, 0.4) is 0 Å². The fraction of sp³-hybridized carbons (Fsp3) is 0.318. The number of hydrogen-bond acceptors (Lipinski definition) is 5. The van der Waals surface area contributed by atoms with E-state index in [1.165, 1.54) is 0 Å². The molecule has 1 heterocycles. The smallest absolute Gasteiger partial charge is 0.253 e. The third-order valence-electron chi connectivity index (χ3n) is 4.77. The lowest BCUT2D eigenvalue weighted by Gasteiger charge is -2.26. The molecule has 1 saturated heterocycles. The van der Waals surface area contributed by atoms with E-state index in [4.69, 9.17) is 5.73 Å². The van der Waals surface area contributed by atoms with Crippen LogP contribution in [-0.2, 0) is 11.3 Å². The van der Waals surface area contributed by atoms with Crippen molar-refractivity contribution < 1.29 is 14.4 Å². The molecule has 8 heteroatoms. The van der Waals surface area contributed by atoms with Gasteiger partial charge in [0.15, 0.2) is 0 Å². The van der Waals surface area contributed by atoms with Gasteiger partial charge in [-0.25, -0.2) is 0 Å². The van der Waals surface area contributed by atoms with Gasteiger partial charge in [-0.1, -0.05) is 18.2 Å². The Morgan fingerprint density at radius 3 is 2.50 bits per heavy atom. The van der Waals surface area contributed by atoms with Gasteiger partial charge in [0.05, 0.1) is 6.54 Å². The van der Waals surface area contributed by atoms with E-state index in [0.717, 1.165) is 30.2 Å². The number of likely N-dealkylation sites (N-methyl/N-ethyl adjacent to an activating group) is 1. The molecule has 2 aromatic rings. The molecule has 0 unspecified atom stereocenters. The fourth-order valence-electron chi connectivity index (χ4n) is 3.32. The second kappa shape index (κ2) is 10.3. The van der Waals surface area contributed by atoms with E-state index in [2.05, 4.69) is 5.32 Å². The third-order valence-corrected chi connectivity index (χ3v) is 5.71. The third kappa shape index (κ3) is 6.08. The Morgan fingerprint density at radius 2 is 1.77 bits per heavy atom. The van der Waals surface area contributed by atoms with Crippen LogP contribution in [0.15, 0.2) is 48.5 Å². The summed E-state index contributed by atoms with van der Waals surface area (Å²) in [6, 6.07) is 14.1. The van der Waals surface area contributed by atoms with Crippen LogP contribution in [0.25, 0.3) is 0 Å². The minimum atomic E-state index is -0.477. The van der Waals surface area contributed by atoms with Gasteiger partial charge in [0.1, 0.15) is 0 Å². The summed E-state index contributed by atoms with van der Waals surface area (Å²) in [5.41, 5.74) is 7.84. The molecule has 158 valence electrons. The van der Waals surface area contributed by atoms with Crippen molar-refractivity contribution in [1.82, 2.24) is 9.80 Å². The van der Waals surface area contributed by atoms with Gasteiger partial charge in [0.2, 0.25) is 11.8 Å². The fourth-order valence-corrected chi connectivity index (χ4v) is 4.22. The highest BCUT2D eigenvalue weighted by molar-refractivity contribution is 7.99. The molecule has 1 aliphatic heterocycles. The molecule has 30 heavy (non-hydrogen) atoms. The Balaban J connectivity index is 1.56. The first-order valence-electron chi connectivity index (χ1n) is 9.76. The molecular weight excluding hydrogens is 400 g/mol. The monoisotopic (exact) mass is 426 g/mol. The van der Waals surface area contributed by atoms with Gasteiger partial charge in [0, 0.05) is 48.0 Å². The maximum absolute atomic E-state index is 12.7. The zero-order valence-corrected chi connectivity index (χ0v) is 17.8. The standard InChI is InChI=1S/C22H26N4O3S/c1-25(14-16-4-2-5-17(12-16)21(23)28)15-20(27)24-19-7-3-6-18(13-19)22(29)26-8-10-30-11-9-26/h2-7,12-13H,8-11,14-15H2,1H3,(H2,23,28)(H,24,27). The predicted octanol–water partition coefficient (Wildman–Crippen LogP) is 2.04. The molecule has 0 atom stereocenters. The second-order valence-corrected chi connectivity index (χ2v) is 8.50. The van der Waals surface area contributed by atoms with Gasteiger partial charge in [0.25, 0.3) is 5.91 Å². The van der Waals surface area contributed by atoms with E-state index in [0.29, 0.717) is 23.4 Å². The summed E-state index contributed by atoms with van der Waals surface area (Å²) in [5, 5.41) is 2.86. The zero-order valence-electron chi connectivity index (χ0n) is 17.0. The molecule has 0 saturated carbocycles. The Labute approximate surface area is 180 Å². The Morgan fingerprint density at radius 1 is 1.07 bits per heavy atom. The molecule has 3 N–H and O–H groups in total. The summed E-state index contributed by atoms with van der Waals surface area (Å²) in [6.07, 6.45) is 0. The van der Waals surface area contributed by atoms with Gasteiger partial charge < -0.3 is 16.0 Å². The van der Waals surface area contributed by atoms with Crippen LogP contribution in [0, 0.1) is 0 Å². The Hall–Kier alpha value is -2.84. The summed E-state index contributed by atoms with van der Waals surface area (Å²) >= 11 is 1.85. The van der Waals surface area contributed by atoms with Crippen molar-refractivity contribution in [3.05, 3.63) is 65.2 Å². The zero-order chi connectivity index (χ0) is 21.5. The number of benzene rings is 2. The number of thioether (sulfide) groups is 1. The van der Waals surface area contributed by atoms with Crippen LogP contribution in [0.4, 0.5) is 5.69 Å². The van der Waals surface area contributed by atoms with Gasteiger partial charge >= 0.3 is 0 Å². The lowest BCUT2D eigenvalue weighted by molar-refractivity contribution is -0.117. The topological polar surface area (TPSA) is 95.7 Å². The number of nitrogens with two attached hydrogens (primary N) is 1. The first-order chi connectivity index (χ1) is 14.4. The lowest BCUT2D eigenvalue weighted by Crippen LogP contribution is -2.37. The lowest BCUT2D eigenvalue weighted by atomic mass is 10.1. The maximum atomic E-state index is 12.7. The number of hydrogen-bond donors (Lipinski definition) is 2. The molecule has 7 nitrogen and oxygen atoms in total. The van der Waals surface area contributed by atoms with Gasteiger partial charge in [-0.2, -0.15) is 11.8 Å². The van der Waals surface area contributed by atoms with Crippen molar-refractivity contribution >= 4 is 35.2 Å². The SMILES string of the molecule is CN(CC(=O)Nc1cccc(C(=O)N2CCSCC2)c1)Cc1cccc(C(N)=O)c1. The van der Waals surface area contributed by atoms with E-state index in [9.17, 15) is 14.4 Å². The maximum Gasteiger partial charge on any atom is 0.253 e. The number of amides is 3. The molecule has 0 spiro atoms. The number of carbonyl (C=O) groups is 3. The second-order valence-electron chi connectivity index (χ2n) is 7.27. The summed E-state index contributed by atoms with van der Waals surface area (Å²) in [6.45, 7) is 2.17. The Bertz CT molecular complexity index is 928. The largest absolute Gasteiger partial charge is 0.366 e. The molecule has 2 aromatic carbocycles. The minimum absolute atomic E-state index is 0.00199. The van der Waals surface area contributed by atoms with E-state index >= 15 is 0 Å². The van der Waals surface area contributed by atoms with Crippen LogP contribution in [0.2, 0.25) is 0 Å². The quantitative estimate of drug-likeness (QED) is 0.706. The number of anilines is 1. The van der Waals surface area contributed by atoms with Crippen molar-refractivity contribution in [3.8, 4) is 0 Å². The summed E-state index contributed by atoms with van der Waals surface area (Å²) in [5.74, 6) is 1.25. The molecule has 0 aliphatic carbocycles. The van der Waals surface area contributed by atoms with Crippen molar-refractivity contribution in [1.29, 1.82) is 0 Å². The first-order valence-corrected chi connectivity index (χ1v) is 10.9. The normalized spacial score (nSPS) is 13.9. The Kier molecular flexibility index (Phi) is 7.48. The number of carbonyl (C=O) groups excluding carboxylic acids is 3. The van der Waals surface area contributed by atoms with Crippen molar-refractivity contribution in [2.45, 2.75) is 6.54 Å². The number of rotatable bonds is 7. The summed E-state index contributed by atoms with van der Waals surface area (Å²) in [7, 11) is 1.82. The molecule has 3 amide bonds. The predicted molar refractivity (Wildman–Crippen MR) is 120 cm³/mol. The summed E-state index contributed by atoms with van der Waals surface area (Å²) < 4.78 is 0. The first kappa shape index (κ1) is 21.9. The number of primary amides is 1. The highest BCUT2D eigenvalue weighted by atomic mass is 32.2. The van der Waals surface area contributed by atoms with Gasteiger partial charge in [-0.05, 0) is 42.9 Å². The number of nitrogens with zero attached hydrogens (tertiary/aromatic N) is 2. The van der Waals surface area contributed by atoms with E-state index in [1.54, 1.807) is 42.5 Å². The van der Waals surface area contributed by atoms with Crippen molar-refractivity contribution in [2.75, 3.05) is 43.5 Å². The van der Waals surface area contributed by atoms with Gasteiger partial charge in [-0.15, -0.1) is 0 Å². The van der Waals surface area contributed by atoms with Crippen LogP contribution in [0.1, 0.15) is 26.3 Å². The van der Waals surface area contributed by atoms with Crippen LogP contribution in [-0.4, -0.2) is 65.7 Å². The molecule has 1 fully saturated rings. The molecule has 3 rings (SSSR count). The molecule has 0 bridgehead atoms. The highest BCUT2D eigenvalue weighted by Gasteiger charge is 2.19. The minimum Gasteiger partial charge on any atom is -0.366 e. The van der Waals surface area contributed by atoms with Crippen molar-refractivity contribution in [3.63, 3.8) is 0 Å². The molecule has 0 aromatic heterocycles. The number of nitrogens with one attached hydrogen (secondary N) is 1. The highest BCUT2D eigenvalue weighted by Crippen LogP contribution is 2.16. The van der Waals surface area contributed by atoms with Gasteiger partial charge in [-0.3, -0.25) is 19.3 Å². The average molecular weight is 427 g/mol. The molecule has 1 aliphatic rings.